The minimum Gasteiger partial charge on any atom is -0.493 e. The number of amides is 1. The van der Waals surface area contributed by atoms with Crippen molar-refractivity contribution in [3.05, 3.63) is 76.1 Å². The van der Waals surface area contributed by atoms with Crippen LogP contribution in [0.4, 0.5) is 0 Å². The lowest BCUT2D eigenvalue weighted by atomic mass is 9.93. The molecule has 4 rings (SSSR count). The van der Waals surface area contributed by atoms with E-state index in [4.69, 9.17) is 9.15 Å². The van der Waals surface area contributed by atoms with Crippen LogP contribution in [0.1, 0.15) is 28.3 Å². The third kappa shape index (κ3) is 3.01. The standard InChI is InChI=1S/C20H17NO4/c22-19(16-11-13-5-1-3-7-17(13)25-20(16)23)21-12-14-9-10-24-18-8-4-2-6-15(14)18/h1-8,11,14H,9-10,12H2,(H,21,22). The molecule has 0 fully saturated rings. The molecule has 1 unspecified atom stereocenters. The molecule has 1 aliphatic heterocycles. The summed E-state index contributed by atoms with van der Waals surface area (Å²) in [6, 6.07) is 16.5. The number of hydrogen-bond acceptors (Lipinski definition) is 4. The molecule has 2 aromatic carbocycles. The van der Waals surface area contributed by atoms with Gasteiger partial charge in [-0.05, 0) is 30.2 Å². The van der Waals surface area contributed by atoms with E-state index in [1.165, 1.54) is 0 Å². The van der Waals surface area contributed by atoms with Gasteiger partial charge in [0.15, 0.2) is 0 Å². The molecule has 5 heteroatoms. The van der Waals surface area contributed by atoms with E-state index in [9.17, 15) is 9.59 Å². The second-order valence-corrected chi connectivity index (χ2v) is 6.07. The first-order valence-corrected chi connectivity index (χ1v) is 8.25. The number of carbonyl (C=O) groups excluding carboxylic acids is 1. The fourth-order valence-corrected chi connectivity index (χ4v) is 3.16. The molecule has 25 heavy (non-hydrogen) atoms. The van der Waals surface area contributed by atoms with E-state index in [1.807, 2.05) is 36.4 Å². The average molecular weight is 335 g/mol. The Bertz CT molecular complexity index is 992. The van der Waals surface area contributed by atoms with Crippen molar-refractivity contribution in [2.75, 3.05) is 13.2 Å². The highest BCUT2D eigenvalue weighted by molar-refractivity contribution is 5.96. The summed E-state index contributed by atoms with van der Waals surface area (Å²) >= 11 is 0. The molecule has 1 amide bonds. The summed E-state index contributed by atoms with van der Waals surface area (Å²) in [5.74, 6) is 0.614. The van der Waals surface area contributed by atoms with E-state index < -0.39 is 11.5 Å². The summed E-state index contributed by atoms with van der Waals surface area (Å²) < 4.78 is 10.9. The van der Waals surface area contributed by atoms with Crippen LogP contribution in [0.15, 0.2) is 63.8 Å². The normalized spacial score (nSPS) is 16.1. The van der Waals surface area contributed by atoms with Gasteiger partial charge in [0.2, 0.25) is 0 Å². The van der Waals surface area contributed by atoms with Crippen LogP contribution in [0.25, 0.3) is 11.0 Å². The van der Waals surface area contributed by atoms with E-state index in [-0.39, 0.29) is 11.5 Å². The van der Waals surface area contributed by atoms with Gasteiger partial charge in [0.1, 0.15) is 16.9 Å². The van der Waals surface area contributed by atoms with Crippen molar-refractivity contribution in [1.82, 2.24) is 5.32 Å². The average Bonchev–Trinajstić information content (AvgIpc) is 2.65. The van der Waals surface area contributed by atoms with E-state index in [0.717, 1.165) is 23.1 Å². The van der Waals surface area contributed by atoms with Crippen molar-refractivity contribution in [3.8, 4) is 5.75 Å². The highest BCUT2D eigenvalue weighted by Gasteiger charge is 2.22. The lowest BCUT2D eigenvalue weighted by Crippen LogP contribution is -2.33. The number of ether oxygens (including phenoxy) is 1. The minimum absolute atomic E-state index is 0.0269. The van der Waals surface area contributed by atoms with Gasteiger partial charge in [-0.1, -0.05) is 36.4 Å². The predicted molar refractivity (Wildman–Crippen MR) is 94.1 cm³/mol. The van der Waals surface area contributed by atoms with Gasteiger partial charge in [-0.2, -0.15) is 0 Å². The number of benzene rings is 2. The van der Waals surface area contributed by atoms with Crippen LogP contribution >= 0.6 is 0 Å². The van der Waals surface area contributed by atoms with Crippen LogP contribution in [0, 0.1) is 0 Å². The highest BCUT2D eigenvalue weighted by Crippen LogP contribution is 2.32. The Morgan fingerprint density at radius 3 is 2.84 bits per heavy atom. The molecular weight excluding hydrogens is 318 g/mol. The first kappa shape index (κ1) is 15.4. The molecule has 126 valence electrons. The van der Waals surface area contributed by atoms with Crippen molar-refractivity contribution in [2.45, 2.75) is 12.3 Å². The third-order valence-electron chi connectivity index (χ3n) is 4.48. The number of carbonyl (C=O) groups is 1. The van der Waals surface area contributed by atoms with Crippen molar-refractivity contribution in [1.29, 1.82) is 0 Å². The van der Waals surface area contributed by atoms with Crippen LogP contribution in [0.3, 0.4) is 0 Å². The smallest absolute Gasteiger partial charge is 0.349 e. The molecule has 0 radical (unpaired) electrons. The Balaban J connectivity index is 1.54. The summed E-state index contributed by atoms with van der Waals surface area (Å²) in [5.41, 5.74) is 0.963. The lowest BCUT2D eigenvalue weighted by molar-refractivity contribution is 0.0945. The van der Waals surface area contributed by atoms with E-state index >= 15 is 0 Å². The Labute approximate surface area is 144 Å². The van der Waals surface area contributed by atoms with Gasteiger partial charge >= 0.3 is 5.63 Å². The van der Waals surface area contributed by atoms with Crippen LogP contribution in [0.5, 0.6) is 5.75 Å². The molecule has 0 spiro atoms. The summed E-state index contributed by atoms with van der Waals surface area (Å²) in [4.78, 5) is 24.5. The molecule has 5 nitrogen and oxygen atoms in total. The van der Waals surface area contributed by atoms with Gasteiger partial charge in [0.05, 0.1) is 6.61 Å². The second-order valence-electron chi connectivity index (χ2n) is 6.07. The quantitative estimate of drug-likeness (QED) is 0.747. The fraction of sp³-hybridized carbons (Fsp3) is 0.200. The molecule has 0 saturated carbocycles. The maximum Gasteiger partial charge on any atom is 0.349 e. The SMILES string of the molecule is O=C(NCC1CCOc2ccccc21)c1cc2ccccc2oc1=O. The van der Waals surface area contributed by atoms with Crippen LogP contribution in [0.2, 0.25) is 0 Å². The van der Waals surface area contributed by atoms with Crippen LogP contribution in [-0.2, 0) is 0 Å². The van der Waals surface area contributed by atoms with Gasteiger partial charge in [-0.25, -0.2) is 4.79 Å². The topological polar surface area (TPSA) is 68.5 Å². The van der Waals surface area contributed by atoms with Gasteiger partial charge in [0, 0.05) is 17.8 Å². The number of fused-ring (bicyclic) bond motifs is 2. The number of rotatable bonds is 3. The fourth-order valence-electron chi connectivity index (χ4n) is 3.16. The molecule has 3 aromatic rings. The van der Waals surface area contributed by atoms with Crippen molar-refractivity contribution < 1.29 is 13.9 Å². The van der Waals surface area contributed by atoms with Gasteiger partial charge in [0.25, 0.3) is 5.91 Å². The second kappa shape index (κ2) is 6.43. The van der Waals surface area contributed by atoms with E-state index in [2.05, 4.69) is 5.32 Å². The maximum absolute atomic E-state index is 12.5. The minimum atomic E-state index is -0.622. The molecule has 0 aliphatic carbocycles. The van der Waals surface area contributed by atoms with Crippen LogP contribution in [-0.4, -0.2) is 19.1 Å². The van der Waals surface area contributed by atoms with Crippen LogP contribution < -0.4 is 15.7 Å². The monoisotopic (exact) mass is 335 g/mol. The molecule has 1 aliphatic rings. The molecule has 1 N–H and O–H groups in total. The zero-order valence-electron chi connectivity index (χ0n) is 13.5. The number of nitrogens with one attached hydrogen (secondary N) is 1. The molecule has 0 bridgehead atoms. The summed E-state index contributed by atoms with van der Waals surface area (Å²) in [5, 5.41) is 3.59. The Hall–Kier alpha value is -3.08. The Morgan fingerprint density at radius 2 is 1.92 bits per heavy atom. The summed E-state index contributed by atoms with van der Waals surface area (Å²) in [6.45, 7) is 1.07. The van der Waals surface area contributed by atoms with Gasteiger partial charge < -0.3 is 14.5 Å². The van der Waals surface area contributed by atoms with E-state index in [0.29, 0.717) is 18.7 Å². The number of hydrogen-bond donors (Lipinski definition) is 1. The molecular formula is C20H17NO4. The molecule has 1 atom stereocenters. The highest BCUT2D eigenvalue weighted by atomic mass is 16.5. The van der Waals surface area contributed by atoms with Gasteiger partial charge in [-0.15, -0.1) is 0 Å². The molecule has 1 aromatic heterocycles. The maximum atomic E-state index is 12.5. The zero-order chi connectivity index (χ0) is 17.2. The van der Waals surface area contributed by atoms with Crippen molar-refractivity contribution in [3.63, 3.8) is 0 Å². The first-order valence-electron chi connectivity index (χ1n) is 8.25. The Morgan fingerprint density at radius 1 is 1.12 bits per heavy atom. The zero-order valence-corrected chi connectivity index (χ0v) is 13.5. The summed E-state index contributed by atoms with van der Waals surface area (Å²) in [7, 11) is 0. The number of para-hydroxylation sites is 2. The summed E-state index contributed by atoms with van der Waals surface area (Å²) in [6.07, 6.45) is 0.823. The van der Waals surface area contributed by atoms with Crippen molar-refractivity contribution in [2.24, 2.45) is 0 Å². The third-order valence-corrected chi connectivity index (χ3v) is 4.48. The lowest BCUT2D eigenvalue weighted by Gasteiger charge is -2.25. The molecule has 0 saturated heterocycles. The Kier molecular flexibility index (Phi) is 3.98. The predicted octanol–water partition coefficient (Wildman–Crippen LogP) is 3.09. The van der Waals surface area contributed by atoms with Gasteiger partial charge in [-0.3, -0.25) is 4.79 Å². The van der Waals surface area contributed by atoms with E-state index in [1.54, 1.807) is 18.2 Å². The largest absolute Gasteiger partial charge is 0.493 e. The first-order chi connectivity index (χ1) is 12.2. The van der Waals surface area contributed by atoms with Crippen molar-refractivity contribution >= 4 is 16.9 Å². The molecule has 2 heterocycles.